The number of fused-ring (bicyclic) bond motifs is 20. The molecule has 11 aromatic rings. The van der Waals surface area contributed by atoms with E-state index in [0.717, 1.165) is 12.1 Å². The average molecular weight is 1080 g/mol. The molecule has 80 heavy (non-hydrogen) atoms. The smallest absolute Gasteiger partial charge is 0.204 e. The minimum Gasteiger partial charge on any atom is -0.485 e. The molecule has 0 fully saturated rings. The van der Waals surface area contributed by atoms with Gasteiger partial charge in [0.05, 0.1) is 5.39 Å². The molecular formula is C60H34F8N8O4. The first kappa shape index (κ1) is 49.3. The molecule has 0 unspecified atom stereocenters. The number of hydrogen-bond acceptors (Lipinski definition) is 10. The van der Waals surface area contributed by atoms with Gasteiger partial charge in [0, 0.05) is 55.6 Å². The second-order valence-electron chi connectivity index (χ2n) is 18.4. The molecule has 0 radical (unpaired) electrons. The first-order valence-electron chi connectivity index (χ1n) is 24.5. The van der Waals surface area contributed by atoms with Crippen molar-refractivity contribution in [1.82, 2.24) is 39.6 Å². The topological polar surface area (TPSA) is 135 Å². The molecule has 2 aliphatic heterocycles. The van der Waals surface area contributed by atoms with E-state index in [0.29, 0.717) is 67.6 Å². The lowest BCUT2D eigenvalue weighted by atomic mass is 10.1. The molecule has 13 rings (SSSR count). The second kappa shape index (κ2) is 20.0. The number of nitrogens with zero attached hydrogens (tertiary/aromatic N) is 7. The molecule has 0 spiro atoms. The highest BCUT2D eigenvalue weighted by Crippen LogP contribution is 2.48. The van der Waals surface area contributed by atoms with Gasteiger partial charge in [0.25, 0.3) is 0 Å². The Labute approximate surface area is 446 Å². The molecule has 0 amide bonds. The number of hydrogen-bond donors (Lipinski definition) is 1. The molecule has 5 heterocycles. The maximum absolute atomic E-state index is 15.4. The van der Waals surface area contributed by atoms with Crippen LogP contribution in [0.3, 0.4) is 0 Å². The van der Waals surface area contributed by atoms with Crippen molar-refractivity contribution in [2.24, 2.45) is 0 Å². The SMILES string of the molecule is Fc1ccc(COc2c(OCc3ccc(F)cc3F)c(OCc3cc(F)c(F)c(F)c3F)cc3c4nc5nc(nc6c7ccccc7c(nc7nc(nc([nH]4)c23)-c2ccccc2-7)n6OCc2ccc(F)cc2)-c2ccccc2-5)cc1. The van der Waals surface area contributed by atoms with Gasteiger partial charge in [-0.25, -0.2) is 65.0 Å². The predicted molar refractivity (Wildman–Crippen MR) is 278 cm³/mol. The molecule has 2 aliphatic rings. The van der Waals surface area contributed by atoms with Gasteiger partial charge in [0.2, 0.25) is 5.75 Å². The standard InChI is InChI=1S/C60H34F8N8O4/c61-34-18-13-30(14-19-34)26-78-52-47-43(25-46(51(52)79-28-32-17-22-36(63)24-44(32)64)77-29-33-23-45(65)49(67)50(68)48(33)66)57-71-53-37-7-1-3-9-39(37)55(69-53)74-59-41-11-5-6-12-42(41)60(76(59)80-27-31-15-20-35(62)21-16-31)75-56-40-10-4-2-8-38(40)54(70-56)72-58(47)73-57/h1-25H,26-29H2,(H,69,70,71,72,73,74,75). The number of H-pyrrole nitrogens is 1. The molecule has 0 saturated heterocycles. The summed E-state index contributed by atoms with van der Waals surface area (Å²) in [5, 5.41) is 1.56. The van der Waals surface area contributed by atoms with Gasteiger partial charge < -0.3 is 24.0 Å². The van der Waals surface area contributed by atoms with E-state index in [1.807, 2.05) is 36.4 Å². The minimum absolute atomic E-state index is 0.0346. The third-order valence-electron chi connectivity index (χ3n) is 13.3. The number of ether oxygens (including phenoxy) is 3. The number of rotatable bonds is 12. The zero-order valence-electron chi connectivity index (χ0n) is 41.0. The number of halogens is 8. The van der Waals surface area contributed by atoms with Gasteiger partial charge in [0.15, 0.2) is 69.4 Å². The first-order valence-corrected chi connectivity index (χ1v) is 24.5. The van der Waals surface area contributed by atoms with Crippen LogP contribution in [0.15, 0.2) is 152 Å². The van der Waals surface area contributed by atoms with Crippen LogP contribution >= 0.6 is 0 Å². The quantitative estimate of drug-likeness (QED) is 0.0716. The lowest BCUT2D eigenvalue weighted by molar-refractivity contribution is 0.114. The van der Waals surface area contributed by atoms with Gasteiger partial charge in [-0.3, -0.25) is 0 Å². The Morgan fingerprint density at radius 3 is 1.49 bits per heavy atom. The molecule has 8 bridgehead atoms. The zero-order valence-corrected chi connectivity index (χ0v) is 41.0. The predicted octanol–water partition coefficient (Wildman–Crippen LogP) is 13.8. The third-order valence-corrected chi connectivity index (χ3v) is 13.3. The molecule has 0 aliphatic carbocycles. The van der Waals surface area contributed by atoms with Gasteiger partial charge in [0.1, 0.15) is 61.0 Å². The van der Waals surface area contributed by atoms with Gasteiger partial charge in [-0.1, -0.05) is 97.1 Å². The molecule has 0 saturated carbocycles. The Kier molecular flexibility index (Phi) is 12.3. The van der Waals surface area contributed by atoms with Crippen LogP contribution in [-0.2, 0) is 26.4 Å². The van der Waals surface area contributed by atoms with Crippen molar-refractivity contribution in [3.05, 3.63) is 220 Å². The van der Waals surface area contributed by atoms with Crippen LogP contribution in [0.2, 0.25) is 0 Å². The van der Waals surface area contributed by atoms with Crippen molar-refractivity contribution in [2.45, 2.75) is 26.4 Å². The number of aromatic nitrogens is 8. The van der Waals surface area contributed by atoms with E-state index in [9.17, 15) is 26.3 Å². The average Bonchev–Trinajstić information content (AvgIpc) is 4.25. The van der Waals surface area contributed by atoms with E-state index in [2.05, 4.69) is 4.98 Å². The lowest BCUT2D eigenvalue weighted by Crippen LogP contribution is -2.12. The summed E-state index contributed by atoms with van der Waals surface area (Å²) in [5.74, 6) is -10.4. The first-order chi connectivity index (χ1) is 38.9. The van der Waals surface area contributed by atoms with E-state index in [4.69, 9.17) is 49.0 Å². The van der Waals surface area contributed by atoms with Crippen LogP contribution in [0.4, 0.5) is 35.1 Å². The molecule has 3 aromatic heterocycles. The van der Waals surface area contributed by atoms with E-state index in [1.54, 1.807) is 48.5 Å². The van der Waals surface area contributed by atoms with Crippen molar-refractivity contribution < 1.29 is 54.2 Å². The Bertz CT molecular complexity index is 4500. The van der Waals surface area contributed by atoms with Crippen LogP contribution in [0.25, 0.3) is 89.7 Å². The van der Waals surface area contributed by atoms with Crippen molar-refractivity contribution in [2.75, 3.05) is 0 Å². The van der Waals surface area contributed by atoms with E-state index >= 15 is 8.78 Å². The number of aromatic amines is 1. The molecule has 0 atom stereocenters. The van der Waals surface area contributed by atoms with Gasteiger partial charge in [-0.15, -0.1) is 4.73 Å². The molecular weight excluding hydrogens is 1050 g/mol. The highest BCUT2D eigenvalue weighted by Gasteiger charge is 2.29. The molecule has 1 N–H and O–H groups in total. The van der Waals surface area contributed by atoms with Crippen molar-refractivity contribution in [1.29, 1.82) is 0 Å². The second-order valence-corrected chi connectivity index (χ2v) is 18.4. The number of benzene rings is 8. The molecule has 8 aromatic carbocycles. The maximum atomic E-state index is 15.4. The van der Waals surface area contributed by atoms with E-state index < -0.39 is 65.3 Å². The minimum atomic E-state index is -2.08. The van der Waals surface area contributed by atoms with Crippen LogP contribution in [0, 0.1) is 46.5 Å². The summed E-state index contributed by atoms with van der Waals surface area (Å²) < 4.78 is 138. The summed E-state index contributed by atoms with van der Waals surface area (Å²) >= 11 is 0. The van der Waals surface area contributed by atoms with Gasteiger partial charge in [-0.2, -0.15) is 0 Å². The molecule has 12 nitrogen and oxygen atoms in total. The Balaban J connectivity index is 1.13. The largest absolute Gasteiger partial charge is 0.485 e. The summed E-state index contributed by atoms with van der Waals surface area (Å²) in [4.78, 5) is 40.5. The third kappa shape index (κ3) is 8.94. The summed E-state index contributed by atoms with van der Waals surface area (Å²) in [5.41, 5.74) is 3.11. The summed E-state index contributed by atoms with van der Waals surface area (Å²) in [6, 6.07) is 37.7. The summed E-state index contributed by atoms with van der Waals surface area (Å²) in [7, 11) is 0. The van der Waals surface area contributed by atoms with Crippen molar-refractivity contribution in [3.63, 3.8) is 0 Å². The van der Waals surface area contributed by atoms with Crippen LogP contribution in [0.1, 0.15) is 22.3 Å². The fourth-order valence-corrected chi connectivity index (χ4v) is 9.43. The lowest BCUT2D eigenvalue weighted by Gasteiger charge is -2.19. The summed E-state index contributed by atoms with van der Waals surface area (Å²) in [6.45, 7) is -1.87. The van der Waals surface area contributed by atoms with Gasteiger partial charge in [-0.05, 0) is 59.7 Å². The van der Waals surface area contributed by atoms with Crippen molar-refractivity contribution >= 4 is 44.1 Å². The highest BCUT2D eigenvalue weighted by molar-refractivity contribution is 6.11. The summed E-state index contributed by atoms with van der Waals surface area (Å²) in [6.07, 6.45) is 0. The monoisotopic (exact) mass is 1080 g/mol. The zero-order chi connectivity index (χ0) is 54.8. The fourth-order valence-electron chi connectivity index (χ4n) is 9.43. The van der Waals surface area contributed by atoms with Crippen molar-refractivity contribution in [3.8, 4) is 62.8 Å². The molecule has 394 valence electrons. The Hall–Kier alpha value is -10.2. The highest BCUT2D eigenvalue weighted by atomic mass is 19.2. The fraction of sp³-hybridized carbons (Fsp3) is 0.0667. The van der Waals surface area contributed by atoms with E-state index in [1.165, 1.54) is 47.2 Å². The van der Waals surface area contributed by atoms with Crippen LogP contribution < -0.4 is 19.0 Å². The van der Waals surface area contributed by atoms with E-state index in [-0.39, 0.29) is 81.4 Å². The van der Waals surface area contributed by atoms with Gasteiger partial charge >= 0.3 is 0 Å². The van der Waals surface area contributed by atoms with Crippen LogP contribution in [0.5, 0.6) is 17.2 Å². The van der Waals surface area contributed by atoms with Crippen LogP contribution in [-0.4, -0.2) is 39.6 Å². The maximum Gasteiger partial charge on any atom is 0.204 e. The molecule has 20 heteroatoms. The Morgan fingerprint density at radius 1 is 0.388 bits per heavy atom. The Morgan fingerprint density at radius 2 is 0.900 bits per heavy atom. The normalized spacial score (nSPS) is 11.7. The number of nitrogens with one attached hydrogen (secondary N) is 1.